The molecule has 0 bridgehead atoms. The Kier molecular flexibility index (Phi) is 5.29. The number of carboxylic acid groups (broad SMARTS) is 1. The number of carbonyl (C=O) groups is 2. The summed E-state index contributed by atoms with van der Waals surface area (Å²) in [7, 11) is 0. The quantitative estimate of drug-likeness (QED) is 0.807. The first-order valence-corrected chi connectivity index (χ1v) is 7.16. The molecule has 0 amide bonds. The molecule has 0 aromatic heterocycles. The summed E-state index contributed by atoms with van der Waals surface area (Å²) < 4.78 is 4.99. The summed E-state index contributed by atoms with van der Waals surface area (Å²) >= 11 is 17.9. The summed E-state index contributed by atoms with van der Waals surface area (Å²) in [5.41, 5.74) is 0.596. The second-order valence-electron chi connectivity index (χ2n) is 4.26. The van der Waals surface area contributed by atoms with Gasteiger partial charge < -0.3 is 9.84 Å². The molecule has 2 aromatic carbocycles. The minimum absolute atomic E-state index is 0.00417. The van der Waals surface area contributed by atoms with Crippen LogP contribution in [0.1, 0.15) is 15.9 Å². The minimum atomic E-state index is -1.14. The molecule has 0 radical (unpaired) electrons. The van der Waals surface area contributed by atoms with Gasteiger partial charge in [-0.25, -0.2) is 4.79 Å². The first-order valence-electron chi connectivity index (χ1n) is 6.03. The molecule has 2 aromatic rings. The average Bonchev–Trinajstić information content (AvgIpc) is 2.49. The molecule has 0 aliphatic rings. The Morgan fingerprint density at radius 3 is 2.18 bits per heavy atom. The number of carbonyl (C=O) groups excluding carboxylic acids is 1. The number of carboxylic acids is 1. The smallest absolute Gasteiger partial charge is 0.341 e. The van der Waals surface area contributed by atoms with E-state index >= 15 is 0 Å². The van der Waals surface area contributed by atoms with Crippen molar-refractivity contribution < 1.29 is 19.4 Å². The van der Waals surface area contributed by atoms with Gasteiger partial charge in [-0.3, -0.25) is 4.79 Å². The zero-order valence-corrected chi connectivity index (χ0v) is 13.2. The lowest BCUT2D eigenvalue weighted by atomic mass is 10.0. The van der Waals surface area contributed by atoms with Gasteiger partial charge in [0, 0.05) is 16.1 Å². The van der Waals surface area contributed by atoms with Crippen molar-refractivity contribution in [2.75, 3.05) is 6.61 Å². The van der Waals surface area contributed by atoms with Crippen molar-refractivity contribution >= 4 is 46.6 Å². The molecule has 114 valence electrons. The maximum Gasteiger partial charge on any atom is 0.341 e. The summed E-state index contributed by atoms with van der Waals surface area (Å²) in [5.74, 6) is -1.37. The third-order valence-electron chi connectivity index (χ3n) is 2.75. The van der Waals surface area contributed by atoms with Crippen LogP contribution in [0.15, 0.2) is 36.4 Å². The largest absolute Gasteiger partial charge is 0.480 e. The predicted octanol–water partition coefficient (Wildman–Crippen LogP) is 4.34. The van der Waals surface area contributed by atoms with Gasteiger partial charge in [0.1, 0.15) is 10.8 Å². The molecule has 7 heteroatoms. The second-order valence-corrected chi connectivity index (χ2v) is 5.45. The first-order chi connectivity index (χ1) is 10.4. The molecule has 0 spiro atoms. The van der Waals surface area contributed by atoms with Crippen molar-refractivity contribution in [3.05, 3.63) is 62.6 Å². The number of benzene rings is 2. The molecule has 0 saturated carbocycles. The summed E-state index contributed by atoms with van der Waals surface area (Å²) in [4.78, 5) is 22.9. The monoisotopic (exact) mass is 358 g/mol. The van der Waals surface area contributed by atoms with Crippen LogP contribution in [-0.4, -0.2) is 23.5 Å². The number of aliphatic carboxylic acids is 1. The molecule has 0 saturated heterocycles. The number of ether oxygens (including phenoxy) is 1. The molecule has 0 aliphatic heterocycles. The molecule has 0 aliphatic carbocycles. The molecule has 1 N–H and O–H groups in total. The highest BCUT2D eigenvalue weighted by molar-refractivity contribution is 6.45. The number of ketones is 1. The van der Waals surface area contributed by atoms with Gasteiger partial charge in [0.15, 0.2) is 12.4 Å². The van der Waals surface area contributed by atoms with Crippen LogP contribution in [-0.2, 0) is 4.79 Å². The van der Waals surface area contributed by atoms with Gasteiger partial charge in [0.05, 0.1) is 5.02 Å². The third kappa shape index (κ3) is 3.71. The lowest BCUT2D eigenvalue weighted by molar-refractivity contribution is -0.139. The topological polar surface area (TPSA) is 63.6 Å². The normalized spacial score (nSPS) is 10.3. The Hall–Kier alpha value is -1.75. The number of hydrogen-bond donors (Lipinski definition) is 1. The Bertz CT molecular complexity index is 726. The zero-order valence-electron chi connectivity index (χ0n) is 11.0. The van der Waals surface area contributed by atoms with Crippen LogP contribution < -0.4 is 4.74 Å². The number of halogens is 3. The molecular weight excluding hydrogens is 351 g/mol. The third-order valence-corrected chi connectivity index (χ3v) is 3.87. The van der Waals surface area contributed by atoms with Crippen molar-refractivity contribution in [2.24, 2.45) is 0 Å². The molecule has 2 rings (SSSR count). The fourth-order valence-corrected chi connectivity index (χ4v) is 2.30. The van der Waals surface area contributed by atoms with E-state index in [0.29, 0.717) is 10.6 Å². The molecule has 4 nitrogen and oxygen atoms in total. The van der Waals surface area contributed by atoms with Gasteiger partial charge in [-0.05, 0) is 36.4 Å². The van der Waals surface area contributed by atoms with E-state index in [1.165, 1.54) is 12.1 Å². The highest BCUT2D eigenvalue weighted by atomic mass is 35.5. The van der Waals surface area contributed by atoms with E-state index in [-0.39, 0.29) is 27.1 Å². The van der Waals surface area contributed by atoms with Gasteiger partial charge in [-0.2, -0.15) is 0 Å². The Labute approximate surface area is 141 Å². The molecular formula is C15H9Cl3O4. The first kappa shape index (κ1) is 16.6. The van der Waals surface area contributed by atoms with Crippen molar-refractivity contribution in [3.63, 3.8) is 0 Å². The minimum Gasteiger partial charge on any atom is -0.480 e. The van der Waals surface area contributed by atoms with E-state index in [4.69, 9.17) is 44.6 Å². The van der Waals surface area contributed by atoms with Crippen LogP contribution in [0.4, 0.5) is 0 Å². The van der Waals surface area contributed by atoms with Crippen LogP contribution >= 0.6 is 34.8 Å². The molecule has 22 heavy (non-hydrogen) atoms. The van der Waals surface area contributed by atoms with E-state index in [2.05, 4.69) is 0 Å². The fraction of sp³-hybridized carbons (Fsp3) is 0.0667. The summed E-state index contributed by atoms with van der Waals surface area (Å²) in [6.45, 7) is -0.555. The molecule has 0 atom stereocenters. The van der Waals surface area contributed by atoms with E-state index in [9.17, 15) is 9.59 Å². The van der Waals surface area contributed by atoms with Crippen molar-refractivity contribution in [2.45, 2.75) is 0 Å². The van der Waals surface area contributed by atoms with Crippen LogP contribution in [0.2, 0.25) is 15.1 Å². The van der Waals surface area contributed by atoms with Gasteiger partial charge >= 0.3 is 5.97 Å². The van der Waals surface area contributed by atoms with Crippen molar-refractivity contribution in [1.29, 1.82) is 0 Å². The predicted molar refractivity (Wildman–Crippen MR) is 84.5 cm³/mol. The summed E-state index contributed by atoms with van der Waals surface area (Å²) in [5, 5.41) is 9.09. The van der Waals surface area contributed by atoms with Crippen LogP contribution in [0.5, 0.6) is 5.75 Å². The fourth-order valence-electron chi connectivity index (χ4n) is 1.71. The van der Waals surface area contributed by atoms with E-state index in [1.807, 2.05) is 0 Å². The SMILES string of the molecule is O=C(O)COc1ccc(C(=O)c2ccc(Cl)cc2)c(Cl)c1Cl. The van der Waals surface area contributed by atoms with E-state index in [1.54, 1.807) is 24.3 Å². The van der Waals surface area contributed by atoms with Crippen LogP contribution in [0.3, 0.4) is 0 Å². The Balaban J connectivity index is 2.32. The maximum atomic E-state index is 12.4. The standard InChI is InChI=1S/C15H9Cl3O4/c16-9-3-1-8(2-4-9)15(21)10-5-6-11(14(18)13(10)17)22-7-12(19)20/h1-6H,7H2,(H,19,20). The van der Waals surface area contributed by atoms with E-state index < -0.39 is 12.6 Å². The number of hydrogen-bond acceptors (Lipinski definition) is 3. The highest BCUT2D eigenvalue weighted by Crippen LogP contribution is 2.35. The lowest BCUT2D eigenvalue weighted by Gasteiger charge is -2.10. The van der Waals surface area contributed by atoms with Crippen molar-refractivity contribution in [3.8, 4) is 5.75 Å². The van der Waals surface area contributed by atoms with Crippen molar-refractivity contribution in [1.82, 2.24) is 0 Å². The summed E-state index contributed by atoms with van der Waals surface area (Å²) in [6, 6.07) is 9.17. The number of rotatable bonds is 5. The maximum absolute atomic E-state index is 12.4. The molecule has 0 unspecified atom stereocenters. The second kappa shape index (κ2) is 7.01. The van der Waals surface area contributed by atoms with Gasteiger partial charge in [0.25, 0.3) is 0 Å². The Morgan fingerprint density at radius 2 is 1.59 bits per heavy atom. The average molecular weight is 360 g/mol. The lowest BCUT2D eigenvalue weighted by Crippen LogP contribution is -2.10. The van der Waals surface area contributed by atoms with Gasteiger partial charge in [-0.1, -0.05) is 34.8 Å². The van der Waals surface area contributed by atoms with E-state index in [0.717, 1.165) is 0 Å². The Morgan fingerprint density at radius 1 is 0.955 bits per heavy atom. The highest BCUT2D eigenvalue weighted by Gasteiger charge is 2.18. The van der Waals surface area contributed by atoms with Crippen LogP contribution in [0.25, 0.3) is 0 Å². The molecule has 0 fully saturated rings. The molecule has 0 heterocycles. The van der Waals surface area contributed by atoms with Gasteiger partial charge in [-0.15, -0.1) is 0 Å². The van der Waals surface area contributed by atoms with Gasteiger partial charge in [0.2, 0.25) is 0 Å². The summed E-state index contributed by atoms with van der Waals surface area (Å²) in [6.07, 6.45) is 0. The van der Waals surface area contributed by atoms with Crippen LogP contribution in [0, 0.1) is 0 Å². The zero-order chi connectivity index (χ0) is 16.3.